The van der Waals surface area contributed by atoms with Gasteiger partial charge in [0.15, 0.2) is 0 Å². The summed E-state index contributed by atoms with van der Waals surface area (Å²) < 4.78 is 0. The highest BCUT2D eigenvalue weighted by atomic mass is 35.5. The van der Waals surface area contributed by atoms with Crippen molar-refractivity contribution in [3.63, 3.8) is 0 Å². The molecule has 0 bridgehead atoms. The van der Waals surface area contributed by atoms with E-state index in [9.17, 15) is 4.79 Å². The number of hydrogen-bond donors (Lipinski definition) is 2. The maximum atomic E-state index is 12.2. The first-order valence-corrected chi connectivity index (χ1v) is 6.46. The Morgan fingerprint density at radius 3 is 2.85 bits per heavy atom. The Kier molecular flexibility index (Phi) is 3.30. The number of fused-ring (bicyclic) bond motifs is 1. The van der Waals surface area contributed by atoms with Crippen molar-refractivity contribution in [3.05, 3.63) is 52.4 Å². The number of H-pyrrole nitrogens is 1. The maximum Gasteiger partial charge on any atom is 0.258 e. The molecule has 0 spiro atoms. The van der Waals surface area contributed by atoms with Gasteiger partial charge in [0.2, 0.25) is 0 Å². The van der Waals surface area contributed by atoms with Gasteiger partial charge >= 0.3 is 0 Å². The molecule has 0 saturated carbocycles. The van der Waals surface area contributed by atoms with E-state index in [1.54, 1.807) is 12.3 Å². The summed E-state index contributed by atoms with van der Waals surface area (Å²) in [5, 5.41) is 10.7. The van der Waals surface area contributed by atoms with Crippen LogP contribution in [-0.4, -0.2) is 21.1 Å². The van der Waals surface area contributed by atoms with Crippen LogP contribution in [0, 0.1) is 0 Å². The van der Waals surface area contributed by atoms with E-state index in [1.807, 2.05) is 12.1 Å². The molecule has 0 saturated heterocycles. The predicted octanol–water partition coefficient (Wildman–Crippen LogP) is 3.52. The molecule has 0 aliphatic rings. The zero-order valence-electron chi connectivity index (χ0n) is 10.0. The van der Waals surface area contributed by atoms with E-state index in [-0.39, 0.29) is 21.8 Å². The number of nitrogens with zero attached hydrogens (tertiary/aromatic N) is 2. The number of rotatable bonds is 2. The summed E-state index contributed by atoms with van der Waals surface area (Å²) in [5.74, 6) is -0.354. The van der Waals surface area contributed by atoms with Gasteiger partial charge in [-0.2, -0.15) is 5.10 Å². The van der Waals surface area contributed by atoms with E-state index in [4.69, 9.17) is 23.2 Å². The number of aromatic nitrogens is 3. The number of nitrogens with one attached hydrogen (secondary N) is 2. The molecule has 3 rings (SSSR count). The van der Waals surface area contributed by atoms with Crippen molar-refractivity contribution >= 4 is 45.7 Å². The second-order valence-electron chi connectivity index (χ2n) is 4.06. The molecule has 2 N–H and O–H groups in total. The molecular formula is C13H8Cl2N4O. The fraction of sp³-hybridized carbons (Fsp3) is 0. The molecule has 1 aromatic carbocycles. The number of hydrogen-bond acceptors (Lipinski definition) is 3. The zero-order valence-corrected chi connectivity index (χ0v) is 11.5. The topological polar surface area (TPSA) is 70.7 Å². The summed E-state index contributed by atoms with van der Waals surface area (Å²) in [6.07, 6.45) is 1.65. The van der Waals surface area contributed by atoms with Gasteiger partial charge in [-0.05, 0) is 24.3 Å². The summed E-state index contributed by atoms with van der Waals surface area (Å²) in [6, 6.07) is 8.52. The van der Waals surface area contributed by atoms with Crippen LogP contribution in [0.15, 0.2) is 36.5 Å². The molecule has 0 aliphatic carbocycles. The second kappa shape index (κ2) is 5.11. The van der Waals surface area contributed by atoms with Gasteiger partial charge in [-0.25, -0.2) is 4.98 Å². The molecule has 0 radical (unpaired) electrons. The van der Waals surface area contributed by atoms with Crippen LogP contribution in [0.25, 0.3) is 10.9 Å². The van der Waals surface area contributed by atoms with E-state index in [0.29, 0.717) is 5.69 Å². The fourth-order valence-electron chi connectivity index (χ4n) is 1.85. The predicted molar refractivity (Wildman–Crippen MR) is 78.3 cm³/mol. The molecule has 0 unspecified atom stereocenters. The monoisotopic (exact) mass is 306 g/mol. The summed E-state index contributed by atoms with van der Waals surface area (Å²) in [6.45, 7) is 0. The lowest BCUT2D eigenvalue weighted by atomic mass is 10.2. The van der Waals surface area contributed by atoms with Gasteiger partial charge in [0, 0.05) is 5.39 Å². The molecule has 7 heteroatoms. The van der Waals surface area contributed by atoms with E-state index < -0.39 is 0 Å². The number of carbonyl (C=O) groups excluding carboxylic acids is 1. The maximum absolute atomic E-state index is 12.2. The van der Waals surface area contributed by atoms with Crippen molar-refractivity contribution in [2.24, 2.45) is 0 Å². The molecule has 2 heterocycles. The van der Waals surface area contributed by atoms with Crippen molar-refractivity contribution in [2.75, 3.05) is 5.32 Å². The Bertz CT molecular complexity index is 800. The number of carbonyl (C=O) groups is 1. The van der Waals surface area contributed by atoms with Gasteiger partial charge in [0.1, 0.15) is 10.3 Å². The van der Waals surface area contributed by atoms with Gasteiger partial charge in [-0.15, -0.1) is 0 Å². The van der Waals surface area contributed by atoms with Crippen LogP contribution in [0.4, 0.5) is 5.69 Å². The highest BCUT2D eigenvalue weighted by molar-refractivity contribution is 6.35. The standard InChI is InChI=1S/C13H8Cl2N4O/c14-11-5-4-7(12(15)18-11)13(20)17-9-2-1-3-10-8(9)6-16-19-10/h1-6H,(H,16,19)(H,17,20). The van der Waals surface area contributed by atoms with Crippen molar-refractivity contribution in [1.82, 2.24) is 15.2 Å². The fourth-order valence-corrected chi connectivity index (χ4v) is 2.28. The average molecular weight is 307 g/mol. The van der Waals surface area contributed by atoms with Crippen molar-refractivity contribution < 1.29 is 4.79 Å². The van der Waals surface area contributed by atoms with Crippen LogP contribution in [-0.2, 0) is 0 Å². The lowest BCUT2D eigenvalue weighted by Gasteiger charge is -2.07. The highest BCUT2D eigenvalue weighted by Crippen LogP contribution is 2.23. The Morgan fingerprint density at radius 2 is 2.05 bits per heavy atom. The third-order valence-corrected chi connectivity index (χ3v) is 3.29. The summed E-state index contributed by atoms with van der Waals surface area (Å²) in [4.78, 5) is 16.0. The van der Waals surface area contributed by atoms with Crippen LogP contribution in [0.3, 0.4) is 0 Å². The summed E-state index contributed by atoms with van der Waals surface area (Å²) >= 11 is 11.6. The summed E-state index contributed by atoms with van der Waals surface area (Å²) in [7, 11) is 0. The SMILES string of the molecule is O=C(Nc1cccc2[nH]ncc12)c1ccc(Cl)nc1Cl. The smallest absolute Gasteiger partial charge is 0.258 e. The second-order valence-corrected chi connectivity index (χ2v) is 4.81. The normalized spacial score (nSPS) is 10.7. The van der Waals surface area contributed by atoms with E-state index in [1.165, 1.54) is 12.1 Å². The number of pyridine rings is 1. The van der Waals surface area contributed by atoms with Crippen LogP contribution >= 0.6 is 23.2 Å². The van der Waals surface area contributed by atoms with Gasteiger partial charge in [-0.3, -0.25) is 9.89 Å². The summed E-state index contributed by atoms with van der Waals surface area (Å²) in [5.41, 5.74) is 1.74. The number of halogens is 2. The number of anilines is 1. The molecule has 0 atom stereocenters. The van der Waals surface area contributed by atoms with Crippen LogP contribution in [0.5, 0.6) is 0 Å². The Labute approximate surface area is 123 Å². The third-order valence-electron chi connectivity index (χ3n) is 2.79. The Balaban J connectivity index is 1.94. The van der Waals surface area contributed by atoms with Gasteiger partial charge in [0.05, 0.1) is 23.0 Å². The van der Waals surface area contributed by atoms with Gasteiger partial charge in [0.25, 0.3) is 5.91 Å². The number of amides is 1. The number of benzene rings is 1. The molecule has 20 heavy (non-hydrogen) atoms. The Hall–Kier alpha value is -2.11. The van der Waals surface area contributed by atoms with E-state index in [0.717, 1.165) is 10.9 Å². The van der Waals surface area contributed by atoms with Crippen LogP contribution in [0.1, 0.15) is 10.4 Å². The molecule has 1 amide bonds. The van der Waals surface area contributed by atoms with Gasteiger partial charge in [-0.1, -0.05) is 29.3 Å². The zero-order chi connectivity index (χ0) is 14.1. The minimum atomic E-state index is -0.354. The number of aromatic amines is 1. The van der Waals surface area contributed by atoms with E-state index in [2.05, 4.69) is 20.5 Å². The van der Waals surface area contributed by atoms with Crippen molar-refractivity contribution in [3.8, 4) is 0 Å². The quantitative estimate of drug-likeness (QED) is 0.712. The first kappa shape index (κ1) is 12.9. The van der Waals surface area contributed by atoms with E-state index >= 15 is 0 Å². The molecule has 0 fully saturated rings. The molecular weight excluding hydrogens is 299 g/mol. The molecule has 2 aromatic heterocycles. The molecule has 100 valence electrons. The largest absolute Gasteiger partial charge is 0.321 e. The molecule has 0 aliphatic heterocycles. The van der Waals surface area contributed by atoms with Crippen molar-refractivity contribution in [2.45, 2.75) is 0 Å². The third kappa shape index (κ3) is 2.33. The molecule has 3 aromatic rings. The lowest BCUT2D eigenvalue weighted by molar-refractivity contribution is 0.102. The minimum absolute atomic E-state index is 0.0642. The van der Waals surface area contributed by atoms with Crippen LogP contribution in [0.2, 0.25) is 10.3 Å². The lowest BCUT2D eigenvalue weighted by Crippen LogP contribution is -2.13. The van der Waals surface area contributed by atoms with Crippen LogP contribution < -0.4 is 5.32 Å². The highest BCUT2D eigenvalue weighted by Gasteiger charge is 2.13. The van der Waals surface area contributed by atoms with Gasteiger partial charge < -0.3 is 5.32 Å². The first-order valence-electron chi connectivity index (χ1n) is 5.70. The van der Waals surface area contributed by atoms with Crippen molar-refractivity contribution in [1.29, 1.82) is 0 Å². The average Bonchev–Trinajstić information content (AvgIpc) is 2.87. The Morgan fingerprint density at radius 1 is 1.20 bits per heavy atom. The molecule has 5 nitrogen and oxygen atoms in total. The first-order chi connectivity index (χ1) is 9.65. The minimum Gasteiger partial charge on any atom is -0.321 e.